The minimum Gasteiger partial charge on any atom is -0.342 e. The van der Waals surface area contributed by atoms with E-state index in [1.54, 1.807) is 12.1 Å². The number of hydrogen-bond acceptors (Lipinski definition) is 4. The molecule has 9 heteroatoms. The maximum Gasteiger partial charge on any atom is 0.254 e. The second kappa shape index (κ2) is 8.48. The molecule has 7 nitrogen and oxygen atoms in total. The number of hydrogen-bond donors (Lipinski definition) is 2. The largest absolute Gasteiger partial charge is 0.342 e. The number of carbonyl (C=O) groups excluding carboxylic acids is 1. The van der Waals surface area contributed by atoms with E-state index in [1.807, 2.05) is 13.8 Å². The molecule has 0 spiro atoms. The van der Waals surface area contributed by atoms with E-state index in [9.17, 15) is 13.2 Å². The molecule has 0 aliphatic carbocycles. The summed E-state index contributed by atoms with van der Waals surface area (Å²) in [6.45, 7) is 9.04. The second-order valence-electron chi connectivity index (χ2n) is 9.08. The first-order valence-corrected chi connectivity index (χ1v) is 12.2. The van der Waals surface area contributed by atoms with Crippen molar-refractivity contribution < 1.29 is 13.2 Å². The van der Waals surface area contributed by atoms with Gasteiger partial charge in [0.25, 0.3) is 5.91 Å². The zero-order valence-electron chi connectivity index (χ0n) is 18.0. The van der Waals surface area contributed by atoms with E-state index in [0.29, 0.717) is 49.8 Å². The standard InChI is InChI=1S/C21H31ClN4O3S/c1-14(2)12-21(4)19(27)26(20(23)24-21)13-16-7-9-25(10-8-16)30(28,29)17-6-5-15(3)18(22)11-17/h5-6,11,14,16H,7-10,12-13H2,1-4H3,(H2,23,24). The third kappa shape index (κ3) is 4.50. The maximum atomic E-state index is 13.0. The van der Waals surface area contributed by atoms with Crippen LogP contribution in [0.2, 0.25) is 5.02 Å². The van der Waals surface area contributed by atoms with Crippen LogP contribution in [0.15, 0.2) is 23.1 Å². The molecule has 0 aromatic heterocycles. The number of halogens is 1. The van der Waals surface area contributed by atoms with Gasteiger partial charge in [-0.2, -0.15) is 4.31 Å². The minimum atomic E-state index is -3.59. The predicted octanol–water partition coefficient (Wildman–Crippen LogP) is 3.22. The Kier molecular flexibility index (Phi) is 6.51. The molecule has 2 N–H and O–H groups in total. The van der Waals surface area contributed by atoms with E-state index >= 15 is 0 Å². The van der Waals surface area contributed by atoms with Crippen LogP contribution in [0, 0.1) is 24.2 Å². The van der Waals surface area contributed by atoms with E-state index in [-0.39, 0.29) is 22.7 Å². The second-order valence-corrected chi connectivity index (χ2v) is 11.4. The van der Waals surface area contributed by atoms with Crippen LogP contribution >= 0.6 is 11.6 Å². The summed E-state index contributed by atoms with van der Waals surface area (Å²) in [5.74, 6) is 0.575. The number of carbonyl (C=O) groups is 1. The molecule has 2 saturated heterocycles. The number of sulfonamides is 1. The molecule has 166 valence electrons. The third-order valence-corrected chi connectivity index (χ3v) is 8.30. The van der Waals surface area contributed by atoms with Gasteiger partial charge in [-0.3, -0.25) is 15.1 Å². The first kappa shape index (κ1) is 23.0. The fraction of sp³-hybridized carbons (Fsp3) is 0.619. The molecule has 1 amide bonds. The van der Waals surface area contributed by atoms with Crippen LogP contribution in [0.4, 0.5) is 0 Å². The van der Waals surface area contributed by atoms with Gasteiger partial charge in [0.1, 0.15) is 5.54 Å². The van der Waals surface area contributed by atoms with Crippen LogP contribution in [0.3, 0.4) is 0 Å². The van der Waals surface area contributed by atoms with Gasteiger partial charge in [-0.05, 0) is 62.6 Å². The first-order valence-electron chi connectivity index (χ1n) is 10.4. The van der Waals surface area contributed by atoms with Crippen molar-refractivity contribution in [2.45, 2.75) is 57.4 Å². The Balaban J connectivity index is 1.62. The topological polar surface area (TPSA) is 93.6 Å². The molecule has 2 fully saturated rings. The molecule has 3 rings (SSSR count). The fourth-order valence-electron chi connectivity index (χ4n) is 4.38. The smallest absolute Gasteiger partial charge is 0.254 e. The minimum absolute atomic E-state index is 0.0643. The number of nitrogens with one attached hydrogen (secondary N) is 2. The third-order valence-electron chi connectivity index (χ3n) is 5.99. The Hall–Kier alpha value is -1.64. The predicted molar refractivity (Wildman–Crippen MR) is 118 cm³/mol. The maximum absolute atomic E-state index is 13.0. The molecule has 1 unspecified atom stereocenters. The van der Waals surface area contributed by atoms with Crippen molar-refractivity contribution in [1.29, 1.82) is 5.41 Å². The highest BCUT2D eigenvalue weighted by Crippen LogP contribution is 2.29. The Morgan fingerprint density at radius 2 is 1.93 bits per heavy atom. The van der Waals surface area contributed by atoms with Gasteiger partial charge in [-0.1, -0.05) is 31.5 Å². The zero-order valence-corrected chi connectivity index (χ0v) is 19.6. The van der Waals surface area contributed by atoms with Gasteiger partial charge in [0.05, 0.1) is 4.90 Å². The first-order chi connectivity index (χ1) is 13.9. The summed E-state index contributed by atoms with van der Waals surface area (Å²) >= 11 is 6.11. The van der Waals surface area contributed by atoms with Gasteiger partial charge in [-0.25, -0.2) is 8.42 Å². The SMILES string of the molecule is Cc1ccc(S(=O)(=O)N2CCC(CN3C(=N)NC(C)(CC(C)C)C3=O)CC2)cc1Cl. The molecule has 0 saturated carbocycles. The molecule has 30 heavy (non-hydrogen) atoms. The summed E-state index contributed by atoms with van der Waals surface area (Å²) in [4.78, 5) is 14.7. The van der Waals surface area contributed by atoms with Gasteiger partial charge in [0, 0.05) is 24.7 Å². The fourth-order valence-corrected chi connectivity index (χ4v) is 6.13. The van der Waals surface area contributed by atoms with Crippen LogP contribution in [0.1, 0.15) is 45.6 Å². The molecule has 1 aromatic rings. The highest BCUT2D eigenvalue weighted by molar-refractivity contribution is 7.89. The van der Waals surface area contributed by atoms with E-state index in [0.717, 1.165) is 5.56 Å². The van der Waals surface area contributed by atoms with Crippen molar-refractivity contribution >= 4 is 33.5 Å². The molecular weight excluding hydrogens is 424 g/mol. The average Bonchev–Trinajstić information content (AvgIpc) is 2.86. The number of aryl methyl sites for hydroxylation is 1. The lowest BCUT2D eigenvalue weighted by atomic mass is 9.90. The number of piperidine rings is 1. The van der Waals surface area contributed by atoms with Crippen molar-refractivity contribution in [1.82, 2.24) is 14.5 Å². The molecule has 2 aliphatic rings. The molecule has 1 aromatic carbocycles. The van der Waals surface area contributed by atoms with E-state index in [2.05, 4.69) is 19.2 Å². The number of rotatable bonds is 6. The normalized spacial score (nSPS) is 24.0. The molecule has 1 atom stereocenters. The Morgan fingerprint density at radius 1 is 1.30 bits per heavy atom. The lowest BCUT2D eigenvalue weighted by Gasteiger charge is -2.33. The molecule has 0 bridgehead atoms. The summed E-state index contributed by atoms with van der Waals surface area (Å²) in [6, 6.07) is 4.81. The lowest BCUT2D eigenvalue weighted by molar-refractivity contribution is -0.131. The number of nitrogens with zero attached hydrogens (tertiary/aromatic N) is 2. The summed E-state index contributed by atoms with van der Waals surface area (Å²) < 4.78 is 27.4. The number of guanidine groups is 1. The van der Waals surface area contributed by atoms with E-state index in [4.69, 9.17) is 17.0 Å². The monoisotopic (exact) mass is 454 g/mol. The van der Waals surface area contributed by atoms with Crippen LogP contribution in [-0.4, -0.2) is 54.7 Å². The summed E-state index contributed by atoms with van der Waals surface area (Å²) in [6.07, 6.45) is 1.97. The summed E-state index contributed by atoms with van der Waals surface area (Å²) in [7, 11) is -3.59. The average molecular weight is 455 g/mol. The van der Waals surface area contributed by atoms with Crippen molar-refractivity contribution in [2.75, 3.05) is 19.6 Å². The zero-order chi connectivity index (χ0) is 22.3. The van der Waals surface area contributed by atoms with Crippen molar-refractivity contribution in [3.8, 4) is 0 Å². The van der Waals surface area contributed by atoms with Gasteiger partial charge in [0.2, 0.25) is 10.0 Å². The van der Waals surface area contributed by atoms with E-state index in [1.165, 1.54) is 15.3 Å². The quantitative estimate of drug-likeness (QED) is 0.690. The van der Waals surface area contributed by atoms with Crippen molar-refractivity contribution in [2.24, 2.45) is 11.8 Å². The Morgan fingerprint density at radius 3 is 2.50 bits per heavy atom. The highest BCUT2D eigenvalue weighted by atomic mass is 35.5. The summed E-state index contributed by atoms with van der Waals surface area (Å²) in [5.41, 5.74) is 0.102. The highest BCUT2D eigenvalue weighted by Gasteiger charge is 2.46. The molecule has 0 radical (unpaired) electrons. The van der Waals surface area contributed by atoms with Gasteiger partial charge >= 0.3 is 0 Å². The van der Waals surface area contributed by atoms with Crippen LogP contribution in [0.5, 0.6) is 0 Å². The van der Waals surface area contributed by atoms with Crippen LogP contribution < -0.4 is 5.32 Å². The summed E-state index contributed by atoms with van der Waals surface area (Å²) in [5, 5.41) is 11.7. The Bertz CT molecular complexity index is 942. The lowest BCUT2D eigenvalue weighted by Crippen LogP contribution is -2.46. The molecule has 2 aliphatic heterocycles. The van der Waals surface area contributed by atoms with Gasteiger partial charge in [0.15, 0.2) is 5.96 Å². The van der Waals surface area contributed by atoms with Crippen LogP contribution in [0.25, 0.3) is 0 Å². The molecular formula is C21H31ClN4O3S. The van der Waals surface area contributed by atoms with Crippen molar-refractivity contribution in [3.63, 3.8) is 0 Å². The van der Waals surface area contributed by atoms with Crippen LogP contribution in [-0.2, 0) is 14.8 Å². The number of benzene rings is 1. The Labute approximate surface area is 184 Å². The molecule has 2 heterocycles. The number of amides is 1. The van der Waals surface area contributed by atoms with Gasteiger partial charge in [-0.15, -0.1) is 0 Å². The van der Waals surface area contributed by atoms with Crippen molar-refractivity contribution in [3.05, 3.63) is 28.8 Å². The van der Waals surface area contributed by atoms with E-state index < -0.39 is 15.6 Å². The van der Waals surface area contributed by atoms with Gasteiger partial charge < -0.3 is 5.32 Å².